The Bertz CT molecular complexity index is 310. The molecule has 15 heavy (non-hydrogen) atoms. The van der Waals surface area contributed by atoms with E-state index in [-0.39, 0.29) is 30.5 Å². The summed E-state index contributed by atoms with van der Waals surface area (Å²) >= 11 is 8.44. The molecule has 0 bridgehead atoms. The van der Waals surface area contributed by atoms with Crippen molar-refractivity contribution in [3.63, 3.8) is 0 Å². The van der Waals surface area contributed by atoms with E-state index in [1.54, 1.807) is 11.3 Å². The second-order valence-corrected chi connectivity index (χ2v) is 7.15. The summed E-state index contributed by atoms with van der Waals surface area (Å²) in [6.07, 6.45) is 0. The Kier molecular flexibility index (Phi) is 6.33. The van der Waals surface area contributed by atoms with Crippen LogP contribution in [0.15, 0.2) is 14.3 Å². The highest BCUT2D eigenvalue weighted by molar-refractivity contribution is 9.13. The van der Waals surface area contributed by atoms with Crippen LogP contribution in [0.5, 0.6) is 0 Å². The molecule has 0 saturated carbocycles. The molecule has 1 aromatic heterocycles. The van der Waals surface area contributed by atoms with Gasteiger partial charge in [0, 0.05) is 20.8 Å². The van der Waals surface area contributed by atoms with Gasteiger partial charge in [-0.25, -0.2) is 0 Å². The first-order valence-electron chi connectivity index (χ1n) is 4.19. The van der Waals surface area contributed by atoms with Crippen LogP contribution in [-0.2, 0) is 0 Å². The number of rotatable bonds is 3. The molecule has 0 saturated heterocycles. The summed E-state index contributed by atoms with van der Waals surface area (Å²) in [7, 11) is 0. The highest BCUT2D eigenvalue weighted by Crippen LogP contribution is 2.40. The fourth-order valence-corrected chi connectivity index (χ4v) is 3.30. The van der Waals surface area contributed by atoms with Crippen molar-refractivity contribution >= 4 is 55.6 Å². The van der Waals surface area contributed by atoms with Gasteiger partial charge in [-0.1, -0.05) is 13.8 Å². The maximum atomic E-state index is 9.20. The van der Waals surface area contributed by atoms with E-state index in [4.69, 9.17) is 5.73 Å². The third kappa shape index (κ3) is 3.68. The smallest absolute Gasteiger partial charge is 0.0843 e. The summed E-state index contributed by atoms with van der Waals surface area (Å²) in [4.78, 5) is 1.07. The molecule has 2 nitrogen and oxygen atoms in total. The zero-order valence-corrected chi connectivity index (χ0v) is 13.3. The monoisotopic (exact) mass is 377 g/mol. The first-order chi connectivity index (χ1) is 6.38. The summed E-state index contributed by atoms with van der Waals surface area (Å²) < 4.78 is 2.05. The van der Waals surface area contributed by atoms with Crippen LogP contribution in [0, 0.1) is 5.41 Å². The quantitative estimate of drug-likeness (QED) is 0.841. The molecule has 1 heterocycles. The van der Waals surface area contributed by atoms with Crippen molar-refractivity contribution in [2.75, 3.05) is 6.61 Å². The molecule has 6 heteroatoms. The summed E-state index contributed by atoms with van der Waals surface area (Å²) in [5, 5.41) is 9.20. The highest BCUT2D eigenvalue weighted by atomic mass is 79.9. The SMILES string of the molecule is CC(C)(CO)[C@H](N)c1cc(Br)c(Br)s1.Cl. The van der Waals surface area contributed by atoms with Crippen LogP contribution in [-0.4, -0.2) is 11.7 Å². The van der Waals surface area contributed by atoms with Gasteiger partial charge < -0.3 is 10.8 Å². The lowest BCUT2D eigenvalue weighted by atomic mass is 9.85. The second-order valence-electron chi connectivity index (χ2n) is 3.89. The van der Waals surface area contributed by atoms with Gasteiger partial charge in [-0.05, 0) is 37.9 Å². The van der Waals surface area contributed by atoms with Crippen molar-refractivity contribution in [1.29, 1.82) is 0 Å². The molecule has 0 amide bonds. The largest absolute Gasteiger partial charge is 0.396 e. The van der Waals surface area contributed by atoms with Gasteiger partial charge in [-0.15, -0.1) is 23.7 Å². The van der Waals surface area contributed by atoms with E-state index in [2.05, 4.69) is 31.9 Å². The molecular formula is C9H14Br2ClNOS. The van der Waals surface area contributed by atoms with Crippen LogP contribution in [0.3, 0.4) is 0 Å². The fourth-order valence-electron chi connectivity index (χ4n) is 1.00. The van der Waals surface area contributed by atoms with Crippen molar-refractivity contribution in [1.82, 2.24) is 0 Å². The van der Waals surface area contributed by atoms with Crippen LogP contribution < -0.4 is 5.73 Å². The Balaban J connectivity index is 0.00000196. The molecular weight excluding hydrogens is 365 g/mol. The van der Waals surface area contributed by atoms with Crippen molar-refractivity contribution in [3.8, 4) is 0 Å². The number of thiophene rings is 1. The van der Waals surface area contributed by atoms with Crippen LogP contribution in [0.2, 0.25) is 0 Å². The molecule has 0 unspecified atom stereocenters. The average Bonchev–Trinajstić information content (AvgIpc) is 2.45. The molecule has 0 aliphatic rings. The summed E-state index contributed by atoms with van der Waals surface area (Å²) in [6, 6.07) is 1.86. The molecule has 0 aliphatic heterocycles. The second kappa shape index (κ2) is 5.98. The first kappa shape index (κ1) is 15.9. The van der Waals surface area contributed by atoms with E-state index in [0.29, 0.717) is 0 Å². The lowest BCUT2D eigenvalue weighted by Gasteiger charge is -2.28. The molecule has 3 N–H and O–H groups in total. The zero-order chi connectivity index (χ0) is 10.9. The molecule has 1 rings (SSSR count). The Hall–Kier alpha value is 0.870. The Morgan fingerprint density at radius 3 is 2.40 bits per heavy atom. The Labute approximate surface area is 117 Å². The standard InChI is InChI=1S/C9H13Br2NOS.ClH/c1-9(2,4-13)7(12)6-3-5(10)8(11)14-6;/h3,7,13H,4,12H2,1-2H3;1H/t7-;/m1./s1. The molecule has 0 aliphatic carbocycles. The highest BCUT2D eigenvalue weighted by Gasteiger charge is 2.28. The van der Waals surface area contributed by atoms with Gasteiger partial charge in [0.2, 0.25) is 0 Å². The maximum Gasteiger partial charge on any atom is 0.0843 e. The van der Waals surface area contributed by atoms with Gasteiger partial charge in [-0.2, -0.15) is 0 Å². The summed E-state index contributed by atoms with van der Waals surface area (Å²) in [5.41, 5.74) is 5.79. The Morgan fingerprint density at radius 2 is 2.07 bits per heavy atom. The van der Waals surface area contributed by atoms with Crippen molar-refractivity contribution in [2.45, 2.75) is 19.9 Å². The fraction of sp³-hybridized carbons (Fsp3) is 0.556. The van der Waals surface area contributed by atoms with Gasteiger partial charge in [0.05, 0.1) is 10.4 Å². The van der Waals surface area contributed by atoms with Gasteiger partial charge in [0.25, 0.3) is 0 Å². The van der Waals surface area contributed by atoms with Gasteiger partial charge >= 0.3 is 0 Å². The maximum absolute atomic E-state index is 9.20. The molecule has 88 valence electrons. The minimum atomic E-state index is -0.288. The molecule has 0 aromatic carbocycles. The van der Waals surface area contributed by atoms with Gasteiger partial charge in [-0.3, -0.25) is 0 Å². The van der Waals surface area contributed by atoms with E-state index in [1.165, 1.54) is 0 Å². The topological polar surface area (TPSA) is 46.2 Å². The molecule has 0 fully saturated rings. The van der Waals surface area contributed by atoms with Gasteiger partial charge in [0.1, 0.15) is 0 Å². The summed E-state index contributed by atoms with van der Waals surface area (Å²) in [6.45, 7) is 4.00. The van der Waals surface area contributed by atoms with Crippen LogP contribution in [0.25, 0.3) is 0 Å². The van der Waals surface area contributed by atoms with Crippen LogP contribution >= 0.6 is 55.6 Å². The predicted molar refractivity (Wildman–Crippen MR) is 74.8 cm³/mol. The number of aliphatic hydroxyl groups excluding tert-OH is 1. The van der Waals surface area contributed by atoms with Crippen molar-refractivity contribution < 1.29 is 5.11 Å². The van der Waals surface area contributed by atoms with E-state index in [0.717, 1.165) is 13.1 Å². The van der Waals surface area contributed by atoms with E-state index in [9.17, 15) is 5.11 Å². The van der Waals surface area contributed by atoms with Gasteiger partial charge in [0.15, 0.2) is 0 Å². The minimum absolute atomic E-state index is 0. The third-order valence-corrected chi connectivity index (χ3v) is 5.56. The molecule has 1 aromatic rings. The minimum Gasteiger partial charge on any atom is -0.396 e. The third-order valence-electron chi connectivity index (χ3n) is 2.22. The zero-order valence-electron chi connectivity index (χ0n) is 8.46. The molecule has 1 atom stereocenters. The number of halogens is 3. The van der Waals surface area contributed by atoms with Crippen LogP contribution in [0.1, 0.15) is 24.8 Å². The average molecular weight is 380 g/mol. The van der Waals surface area contributed by atoms with Crippen LogP contribution in [0.4, 0.5) is 0 Å². The Morgan fingerprint density at radius 1 is 1.53 bits per heavy atom. The predicted octanol–water partition coefficient (Wildman–Crippen LogP) is 3.71. The number of nitrogens with two attached hydrogens (primary N) is 1. The van der Waals surface area contributed by atoms with E-state index >= 15 is 0 Å². The van der Waals surface area contributed by atoms with E-state index in [1.807, 2.05) is 19.9 Å². The molecule has 0 radical (unpaired) electrons. The number of hydrogen-bond donors (Lipinski definition) is 2. The lowest BCUT2D eigenvalue weighted by molar-refractivity contribution is 0.133. The molecule has 0 spiro atoms. The van der Waals surface area contributed by atoms with E-state index < -0.39 is 0 Å². The first-order valence-corrected chi connectivity index (χ1v) is 6.60. The number of hydrogen-bond acceptors (Lipinski definition) is 3. The van der Waals surface area contributed by atoms with Crippen molar-refractivity contribution in [2.24, 2.45) is 11.1 Å². The summed E-state index contributed by atoms with van der Waals surface area (Å²) in [5.74, 6) is 0. The number of aliphatic hydroxyl groups is 1. The normalized spacial score (nSPS) is 13.5. The lowest BCUT2D eigenvalue weighted by Crippen LogP contribution is -2.31. The van der Waals surface area contributed by atoms with Crippen molar-refractivity contribution in [3.05, 3.63) is 19.2 Å².